The summed E-state index contributed by atoms with van der Waals surface area (Å²) in [6.07, 6.45) is 0.988. The molecule has 4 heteroatoms. The van der Waals surface area contributed by atoms with Gasteiger partial charge < -0.3 is 10.4 Å². The molecule has 3 rings (SSSR count). The third kappa shape index (κ3) is 2.76. The molecule has 1 aromatic carbocycles. The highest BCUT2D eigenvalue weighted by atomic mass is 32.1. The van der Waals surface area contributed by atoms with Crippen molar-refractivity contribution in [1.29, 1.82) is 0 Å². The Morgan fingerprint density at radius 3 is 2.60 bits per heavy atom. The summed E-state index contributed by atoms with van der Waals surface area (Å²) in [4.78, 5) is 12.2. The van der Waals surface area contributed by atoms with Crippen LogP contribution in [0.2, 0.25) is 0 Å². The maximum atomic E-state index is 12.2. The molecule has 0 bridgehead atoms. The number of benzene rings is 1. The van der Waals surface area contributed by atoms with E-state index in [9.17, 15) is 9.90 Å². The molecule has 104 valence electrons. The van der Waals surface area contributed by atoms with Gasteiger partial charge in [0.25, 0.3) is 0 Å². The standard InChI is InChI=1S/C16H17NO2S/c18-15(13-5-6-20-10-13)9-17-16(19)14-7-11-3-1-2-4-12(11)8-14/h1-6,10,14-15,18H,7-9H2,(H,17,19). The molecule has 2 N–H and O–H groups in total. The predicted molar refractivity (Wildman–Crippen MR) is 79.6 cm³/mol. The Labute approximate surface area is 122 Å². The molecule has 1 heterocycles. The van der Waals surface area contributed by atoms with Crippen LogP contribution in [0.3, 0.4) is 0 Å². The van der Waals surface area contributed by atoms with Gasteiger partial charge in [-0.05, 0) is 46.4 Å². The van der Waals surface area contributed by atoms with E-state index in [1.165, 1.54) is 11.1 Å². The topological polar surface area (TPSA) is 49.3 Å². The van der Waals surface area contributed by atoms with Crippen LogP contribution in [-0.2, 0) is 17.6 Å². The quantitative estimate of drug-likeness (QED) is 0.906. The second kappa shape index (κ2) is 5.77. The average Bonchev–Trinajstić information content (AvgIpc) is 3.12. The molecular formula is C16H17NO2S. The van der Waals surface area contributed by atoms with Crippen molar-refractivity contribution in [3.05, 3.63) is 57.8 Å². The molecule has 1 aliphatic rings. The Morgan fingerprint density at radius 1 is 1.30 bits per heavy atom. The fraction of sp³-hybridized carbons (Fsp3) is 0.312. The van der Waals surface area contributed by atoms with E-state index in [1.54, 1.807) is 11.3 Å². The molecule has 0 saturated carbocycles. The predicted octanol–water partition coefficient (Wildman–Crippen LogP) is 2.31. The van der Waals surface area contributed by atoms with Crippen molar-refractivity contribution in [1.82, 2.24) is 5.32 Å². The second-order valence-corrected chi connectivity index (χ2v) is 5.97. The number of rotatable bonds is 4. The minimum atomic E-state index is -0.617. The Hall–Kier alpha value is -1.65. The van der Waals surface area contributed by atoms with E-state index in [0.29, 0.717) is 0 Å². The molecular weight excluding hydrogens is 270 g/mol. The minimum absolute atomic E-state index is 0.00192. The zero-order valence-electron chi connectivity index (χ0n) is 11.1. The van der Waals surface area contributed by atoms with E-state index in [2.05, 4.69) is 17.4 Å². The molecule has 1 aromatic heterocycles. The lowest BCUT2D eigenvalue weighted by atomic mass is 10.1. The number of aliphatic hydroxyl groups excluding tert-OH is 1. The highest BCUT2D eigenvalue weighted by molar-refractivity contribution is 7.07. The highest BCUT2D eigenvalue weighted by Gasteiger charge is 2.27. The molecule has 20 heavy (non-hydrogen) atoms. The molecule has 1 aliphatic carbocycles. The first-order valence-electron chi connectivity index (χ1n) is 6.78. The van der Waals surface area contributed by atoms with Crippen LogP contribution in [0.15, 0.2) is 41.1 Å². The molecule has 0 radical (unpaired) electrons. The highest BCUT2D eigenvalue weighted by Crippen LogP contribution is 2.26. The molecule has 1 atom stereocenters. The molecule has 0 saturated heterocycles. The van der Waals surface area contributed by atoms with Gasteiger partial charge in [0.05, 0.1) is 6.10 Å². The number of carbonyl (C=O) groups is 1. The van der Waals surface area contributed by atoms with Gasteiger partial charge >= 0.3 is 0 Å². The Morgan fingerprint density at radius 2 is 2.00 bits per heavy atom. The monoisotopic (exact) mass is 287 g/mol. The van der Waals surface area contributed by atoms with Gasteiger partial charge in [-0.1, -0.05) is 24.3 Å². The second-order valence-electron chi connectivity index (χ2n) is 5.19. The van der Waals surface area contributed by atoms with Gasteiger partial charge in [0.15, 0.2) is 0 Å². The number of amides is 1. The van der Waals surface area contributed by atoms with Gasteiger partial charge in [-0.2, -0.15) is 11.3 Å². The number of hydrogen-bond acceptors (Lipinski definition) is 3. The van der Waals surface area contributed by atoms with Gasteiger partial charge in [-0.25, -0.2) is 0 Å². The number of aliphatic hydroxyl groups is 1. The maximum Gasteiger partial charge on any atom is 0.223 e. The summed E-state index contributed by atoms with van der Waals surface area (Å²) in [5.41, 5.74) is 3.40. The third-order valence-corrected chi connectivity index (χ3v) is 4.52. The van der Waals surface area contributed by atoms with Crippen molar-refractivity contribution in [3.8, 4) is 0 Å². The third-order valence-electron chi connectivity index (χ3n) is 3.82. The van der Waals surface area contributed by atoms with Gasteiger partial charge in [-0.3, -0.25) is 4.79 Å². The van der Waals surface area contributed by atoms with Crippen LogP contribution < -0.4 is 5.32 Å². The van der Waals surface area contributed by atoms with E-state index in [4.69, 9.17) is 0 Å². The van der Waals surface area contributed by atoms with Crippen molar-refractivity contribution in [2.75, 3.05) is 6.54 Å². The Balaban J connectivity index is 1.54. The maximum absolute atomic E-state index is 12.2. The largest absolute Gasteiger partial charge is 0.387 e. The van der Waals surface area contributed by atoms with Crippen LogP contribution in [0, 0.1) is 5.92 Å². The lowest BCUT2D eigenvalue weighted by molar-refractivity contribution is -0.125. The zero-order valence-corrected chi connectivity index (χ0v) is 11.9. The summed E-state index contributed by atoms with van der Waals surface area (Å²) in [5, 5.41) is 16.7. The number of hydrogen-bond donors (Lipinski definition) is 2. The molecule has 3 nitrogen and oxygen atoms in total. The normalized spacial score (nSPS) is 15.8. The molecule has 0 aliphatic heterocycles. The molecule has 0 fully saturated rings. The SMILES string of the molecule is O=C(NCC(O)c1ccsc1)C1Cc2ccccc2C1. The molecule has 1 amide bonds. The van der Waals surface area contributed by atoms with E-state index in [0.717, 1.165) is 18.4 Å². The summed E-state index contributed by atoms with van der Waals surface area (Å²) in [7, 11) is 0. The van der Waals surface area contributed by atoms with Crippen LogP contribution >= 0.6 is 11.3 Å². The number of nitrogens with one attached hydrogen (secondary N) is 1. The van der Waals surface area contributed by atoms with Gasteiger partial charge in [0, 0.05) is 12.5 Å². The van der Waals surface area contributed by atoms with Crippen molar-refractivity contribution >= 4 is 17.2 Å². The van der Waals surface area contributed by atoms with E-state index in [-0.39, 0.29) is 18.4 Å². The fourth-order valence-electron chi connectivity index (χ4n) is 2.67. The molecule has 2 aromatic rings. The first-order chi connectivity index (χ1) is 9.74. The van der Waals surface area contributed by atoms with E-state index >= 15 is 0 Å². The Bertz CT molecular complexity index is 569. The average molecular weight is 287 g/mol. The summed E-state index contributed by atoms with van der Waals surface area (Å²) in [6.45, 7) is 0.280. The van der Waals surface area contributed by atoms with Crippen molar-refractivity contribution in [2.45, 2.75) is 18.9 Å². The van der Waals surface area contributed by atoms with E-state index in [1.807, 2.05) is 29.0 Å². The number of thiophene rings is 1. The van der Waals surface area contributed by atoms with Gasteiger partial charge in [0.2, 0.25) is 5.91 Å². The summed E-state index contributed by atoms with van der Waals surface area (Å²) >= 11 is 1.55. The number of fused-ring (bicyclic) bond motifs is 1. The van der Waals surface area contributed by atoms with Gasteiger partial charge in [0.1, 0.15) is 0 Å². The number of carbonyl (C=O) groups excluding carboxylic acids is 1. The summed E-state index contributed by atoms with van der Waals surface area (Å²) < 4.78 is 0. The van der Waals surface area contributed by atoms with Crippen molar-refractivity contribution in [3.63, 3.8) is 0 Å². The fourth-order valence-corrected chi connectivity index (χ4v) is 3.38. The van der Waals surface area contributed by atoms with E-state index < -0.39 is 6.10 Å². The van der Waals surface area contributed by atoms with Crippen molar-refractivity contribution in [2.24, 2.45) is 5.92 Å². The van der Waals surface area contributed by atoms with Gasteiger partial charge in [-0.15, -0.1) is 0 Å². The van der Waals surface area contributed by atoms with Crippen LogP contribution in [0.5, 0.6) is 0 Å². The van der Waals surface area contributed by atoms with Crippen LogP contribution in [0.4, 0.5) is 0 Å². The molecule has 0 spiro atoms. The first-order valence-corrected chi connectivity index (χ1v) is 7.73. The van der Waals surface area contributed by atoms with Crippen LogP contribution in [0.25, 0.3) is 0 Å². The summed E-state index contributed by atoms with van der Waals surface area (Å²) in [5.74, 6) is 0.0394. The first kappa shape index (κ1) is 13.3. The van der Waals surface area contributed by atoms with Crippen molar-refractivity contribution < 1.29 is 9.90 Å². The lowest BCUT2D eigenvalue weighted by Crippen LogP contribution is -2.34. The van der Waals surface area contributed by atoms with Crippen LogP contribution in [0.1, 0.15) is 22.8 Å². The smallest absolute Gasteiger partial charge is 0.223 e. The zero-order chi connectivity index (χ0) is 13.9. The van der Waals surface area contributed by atoms with Crippen LogP contribution in [-0.4, -0.2) is 17.6 Å². The minimum Gasteiger partial charge on any atom is -0.387 e. The lowest BCUT2D eigenvalue weighted by Gasteiger charge is -2.13. The summed E-state index contributed by atoms with van der Waals surface area (Å²) in [6, 6.07) is 10.1. The molecule has 1 unspecified atom stereocenters. The Kier molecular flexibility index (Phi) is 3.85.